The van der Waals surface area contributed by atoms with E-state index >= 15 is 0 Å². The molecule has 0 saturated heterocycles. The first-order valence-electron chi connectivity index (χ1n) is 2.25. The van der Waals surface area contributed by atoms with Crippen LogP contribution in [0, 0.1) is 11.3 Å². The standard InChI is InChI=1S/C5H4N2O2/c6-2-3-1-4(8)7-5(3)9/h1,7-9H. The molecule has 1 aromatic rings. The van der Waals surface area contributed by atoms with Gasteiger partial charge in [0.25, 0.3) is 0 Å². The van der Waals surface area contributed by atoms with Crippen molar-refractivity contribution in [2.75, 3.05) is 0 Å². The summed E-state index contributed by atoms with van der Waals surface area (Å²) in [5.74, 6) is -0.501. The van der Waals surface area contributed by atoms with Crippen molar-refractivity contribution in [2.45, 2.75) is 0 Å². The summed E-state index contributed by atoms with van der Waals surface area (Å²) in [7, 11) is 0. The minimum absolute atomic E-state index is 0.0486. The third-order valence-corrected chi connectivity index (χ3v) is 0.903. The van der Waals surface area contributed by atoms with Crippen molar-refractivity contribution in [3.05, 3.63) is 11.6 Å². The first kappa shape index (κ1) is 5.51. The Labute approximate surface area is 51.0 Å². The van der Waals surface area contributed by atoms with E-state index in [1.807, 2.05) is 0 Å². The number of aromatic hydroxyl groups is 2. The molecule has 0 aliphatic rings. The number of nitrogens with one attached hydrogen (secondary N) is 1. The summed E-state index contributed by atoms with van der Waals surface area (Å²) >= 11 is 0. The van der Waals surface area contributed by atoms with Gasteiger partial charge in [-0.3, -0.25) is 4.98 Å². The van der Waals surface area contributed by atoms with Crippen molar-refractivity contribution in [2.24, 2.45) is 0 Å². The van der Waals surface area contributed by atoms with E-state index in [0.717, 1.165) is 6.07 Å². The summed E-state index contributed by atoms with van der Waals surface area (Å²) in [4.78, 5) is 2.15. The average Bonchev–Trinajstić information content (AvgIpc) is 2.10. The Morgan fingerprint density at radius 1 is 1.56 bits per heavy atom. The van der Waals surface area contributed by atoms with E-state index in [0.29, 0.717) is 0 Å². The number of hydrogen-bond donors (Lipinski definition) is 3. The fourth-order valence-corrected chi connectivity index (χ4v) is 0.515. The zero-order valence-corrected chi connectivity index (χ0v) is 4.42. The van der Waals surface area contributed by atoms with E-state index in [1.165, 1.54) is 0 Å². The van der Waals surface area contributed by atoms with Crippen LogP contribution in [0.25, 0.3) is 0 Å². The van der Waals surface area contributed by atoms with Crippen LogP contribution in [0.15, 0.2) is 6.07 Å². The first-order chi connectivity index (χ1) is 4.24. The highest BCUT2D eigenvalue weighted by Crippen LogP contribution is 2.19. The third kappa shape index (κ3) is 0.795. The molecule has 0 saturated carbocycles. The van der Waals surface area contributed by atoms with E-state index in [4.69, 9.17) is 15.5 Å². The quantitative estimate of drug-likeness (QED) is 0.465. The Kier molecular flexibility index (Phi) is 1.04. The second kappa shape index (κ2) is 1.71. The van der Waals surface area contributed by atoms with Gasteiger partial charge in [-0.1, -0.05) is 0 Å². The maximum atomic E-state index is 8.69. The van der Waals surface area contributed by atoms with E-state index in [9.17, 15) is 0 Å². The van der Waals surface area contributed by atoms with Crippen molar-refractivity contribution in [1.82, 2.24) is 4.98 Å². The molecular formula is C5H4N2O2. The lowest BCUT2D eigenvalue weighted by molar-refractivity contribution is 0.425. The highest BCUT2D eigenvalue weighted by molar-refractivity contribution is 5.41. The van der Waals surface area contributed by atoms with Gasteiger partial charge in [-0.15, -0.1) is 0 Å². The van der Waals surface area contributed by atoms with Crippen molar-refractivity contribution < 1.29 is 10.2 Å². The minimum atomic E-state index is -0.296. The Bertz CT molecular complexity index is 258. The monoisotopic (exact) mass is 124 g/mol. The zero-order chi connectivity index (χ0) is 6.85. The zero-order valence-electron chi connectivity index (χ0n) is 4.42. The molecule has 0 aliphatic carbocycles. The van der Waals surface area contributed by atoms with E-state index in [-0.39, 0.29) is 17.3 Å². The molecule has 0 spiro atoms. The summed E-state index contributed by atoms with van der Waals surface area (Å²) in [6.07, 6.45) is 0. The summed E-state index contributed by atoms with van der Waals surface area (Å²) in [5, 5.41) is 25.5. The largest absolute Gasteiger partial charge is 0.494 e. The van der Waals surface area contributed by atoms with Crippen LogP contribution in [0.4, 0.5) is 0 Å². The van der Waals surface area contributed by atoms with Gasteiger partial charge in [0.2, 0.25) is 5.88 Å². The van der Waals surface area contributed by atoms with Gasteiger partial charge in [0.05, 0.1) is 0 Å². The molecule has 1 aromatic heterocycles. The highest BCUT2D eigenvalue weighted by atomic mass is 16.3. The number of H-pyrrole nitrogens is 1. The van der Waals surface area contributed by atoms with Crippen molar-refractivity contribution in [3.63, 3.8) is 0 Å². The Morgan fingerprint density at radius 3 is 2.44 bits per heavy atom. The van der Waals surface area contributed by atoms with Crippen LogP contribution in [-0.2, 0) is 0 Å². The molecule has 46 valence electrons. The van der Waals surface area contributed by atoms with Crippen LogP contribution >= 0.6 is 0 Å². The molecule has 0 aliphatic heterocycles. The smallest absolute Gasteiger partial charge is 0.209 e. The van der Waals surface area contributed by atoms with Crippen LogP contribution in [-0.4, -0.2) is 15.2 Å². The molecule has 0 bridgehead atoms. The fourth-order valence-electron chi connectivity index (χ4n) is 0.515. The average molecular weight is 124 g/mol. The molecule has 4 nitrogen and oxygen atoms in total. The number of nitrogens with zero attached hydrogens (tertiary/aromatic N) is 1. The number of aromatic amines is 1. The number of rotatable bonds is 0. The van der Waals surface area contributed by atoms with Crippen molar-refractivity contribution in [3.8, 4) is 17.8 Å². The maximum absolute atomic E-state index is 8.69. The van der Waals surface area contributed by atoms with Crippen LogP contribution in [0.2, 0.25) is 0 Å². The number of hydrogen-bond acceptors (Lipinski definition) is 3. The normalized spacial score (nSPS) is 8.78. The molecule has 0 atom stereocenters. The van der Waals surface area contributed by atoms with Gasteiger partial charge >= 0.3 is 0 Å². The lowest BCUT2D eigenvalue weighted by atomic mass is 10.4. The lowest BCUT2D eigenvalue weighted by Crippen LogP contribution is -1.64. The first-order valence-corrected chi connectivity index (χ1v) is 2.25. The molecule has 0 unspecified atom stereocenters. The van der Waals surface area contributed by atoms with Crippen molar-refractivity contribution in [1.29, 1.82) is 5.26 Å². The van der Waals surface area contributed by atoms with E-state index < -0.39 is 0 Å². The SMILES string of the molecule is N#Cc1cc(O)[nH]c1O. The number of nitriles is 1. The second-order valence-corrected chi connectivity index (χ2v) is 1.53. The van der Waals surface area contributed by atoms with Gasteiger partial charge in [0.1, 0.15) is 11.6 Å². The van der Waals surface area contributed by atoms with E-state index in [2.05, 4.69) is 4.98 Å². The molecule has 3 N–H and O–H groups in total. The van der Waals surface area contributed by atoms with Gasteiger partial charge in [-0.2, -0.15) is 5.26 Å². The summed E-state index contributed by atoms with van der Waals surface area (Å²) < 4.78 is 0. The summed E-state index contributed by atoms with van der Waals surface area (Å²) in [5.41, 5.74) is 0.0486. The topological polar surface area (TPSA) is 80.0 Å². The van der Waals surface area contributed by atoms with Gasteiger partial charge in [-0.05, 0) is 0 Å². The van der Waals surface area contributed by atoms with E-state index in [1.54, 1.807) is 6.07 Å². The molecule has 4 heteroatoms. The molecule has 9 heavy (non-hydrogen) atoms. The predicted octanol–water partition coefficient (Wildman–Crippen LogP) is 0.298. The molecule has 0 radical (unpaired) electrons. The van der Waals surface area contributed by atoms with Gasteiger partial charge in [0.15, 0.2) is 5.88 Å². The highest BCUT2D eigenvalue weighted by Gasteiger charge is 2.02. The molecule has 0 fully saturated rings. The van der Waals surface area contributed by atoms with Crippen molar-refractivity contribution >= 4 is 0 Å². The molecular weight excluding hydrogens is 120 g/mol. The van der Waals surface area contributed by atoms with Crippen LogP contribution < -0.4 is 0 Å². The predicted molar refractivity (Wildman–Crippen MR) is 28.8 cm³/mol. The van der Waals surface area contributed by atoms with Gasteiger partial charge in [-0.25, -0.2) is 0 Å². The summed E-state index contributed by atoms with van der Waals surface area (Å²) in [6, 6.07) is 2.82. The number of aromatic nitrogens is 1. The third-order valence-electron chi connectivity index (χ3n) is 0.903. The maximum Gasteiger partial charge on any atom is 0.209 e. The second-order valence-electron chi connectivity index (χ2n) is 1.53. The van der Waals surface area contributed by atoms with Crippen LogP contribution in [0.1, 0.15) is 5.56 Å². The summed E-state index contributed by atoms with van der Waals surface area (Å²) in [6.45, 7) is 0. The Balaban J connectivity index is 3.20. The van der Waals surface area contributed by atoms with Gasteiger partial charge in [0, 0.05) is 6.07 Å². The molecule has 0 amide bonds. The Hall–Kier alpha value is -1.63. The van der Waals surface area contributed by atoms with Crippen LogP contribution in [0.3, 0.4) is 0 Å². The fraction of sp³-hybridized carbons (Fsp3) is 0. The molecule has 1 rings (SSSR count). The molecule has 1 heterocycles. The lowest BCUT2D eigenvalue weighted by Gasteiger charge is -1.79. The Morgan fingerprint density at radius 2 is 2.22 bits per heavy atom. The molecule has 0 aromatic carbocycles. The van der Waals surface area contributed by atoms with Gasteiger partial charge < -0.3 is 10.2 Å². The van der Waals surface area contributed by atoms with Crippen LogP contribution in [0.5, 0.6) is 11.8 Å². The minimum Gasteiger partial charge on any atom is -0.494 e.